The van der Waals surface area contributed by atoms with E-state index in [1.165, 1.54) is 0 Å². The molecule has 0 N–H and O–H groups in total. The maximum absolute atomic E-state index is 4.83. The van der Waals surface area contributed by atoms with E-state index in [0.29, 0.717) is 0 Å². The maximum atomic E-state index is 4.83. The quantitative estimate of drug-likeness (QED) is 0.0794. The first-order valence-corrected chi connectivity index (χ1v) is 27.7. The third kappa shape index (κ3) is 11.2. The predicted octanol–water partition coefficient (Wildman–Crippen LogP) is 20.0. The minimum absolute atomic E-state index is 0.813. The van der Waals surface area contributed by atoms with Gasteiger partial charge in [-0.05, 0) is 167 Å². The first kappa shape index (κ1) is 53.3. The molecule has 0 fully saturated rings. The van der Waals surface area contributed by atoms with Crippen LogP contribution in [-0.2, 0) is 0 Å². The highest BCUT2D eigenvalue weighted by molar-refractivity contribution is 5.99. The van der Waals surface area contributed by atoms with E-state index >= 15 is 0 Å². The van der Waals surface area contributed by atoms with Crippen molar-refractivity contribution in [3.05, 3.63) is 351 Å². The lowest BCUT2D eigenvalue weighted by Gasteiger charge is -2.28. The van der Waals surface area contributed by atoms with Gasteiger partial charge in [0.2, 0.25) is 0 Å². The molecule has 0 saturated carbocycles. The van der Waals surface area contributed by atoms with Gasteiger partial charge in [-0.1, -0.05) is 220 Å². The Kier molecular flexibility index (Phi) is 16.0. The third-order valence-corrected chi connectivity index (χ3v) is 15.0. The molecule has 0 aliphatic carbocycles. The van der Waals surface area contributed by atoms with E-state index < -0.39 is 0 Å². The van der Waals surface area contributed by atoms with E-state index in [0.717, 1.165) is 123 Å². The highest BCUT2D eigenvalue weighted by Gasteiger charge is 2.19. The first-order chi connectivity index (χ1) is 40.3. The van der Waals surface area contributed by atoms with Crippen LogP contribution in [0, 0.1) is 0 Å². The Morgan fingerprint density at radius 2 is 0.573 bits per heavy atom. The molecule has 82 heavy (non-hydrogen) atoms. The topological polar surface area (TPSA) is 13.0 Å². The largest absolute Gasteiger partial charge is 0.311 e. The molecule has 0 aromatic heterocycles. The van der Waals surface area contributed by atoms with Gasteiger partial charge in [0, 0.05) is 67.7 Å². The van der Waals surface area contributed by atoms with E-state index in [4.69, 9.17) is 13.2 Å². The highest BCUT2D eigenvalue weighted by Crippen LogP contribution is 2.40. The lowest BCUT2D eigenvalue weighted by Crippen LogP contribution is -2.27. The minimum Gasteiger partial charge on any atom is -0.311 e. The van der Waals surface area contributed by atoms with Crippen LogP contribution in [-0.4, -0.2) is 0 Å². The van der Waals surface area contributed by atoms with Crippen LogP contribution >= 0.6 is 0 Å². The molecule has 11 aromatic carbocycles. The molecule has 0 atom stereocenters. The monoisotopic (exact) mass is 1060 g/mol. The summed E-state index contributed by atoms with van der Waals surface area (Å²) in [7, 11) is 0. The fourth-order valence-corrected chi connectivity index (χ4v) is 10.9. The van der Waals surface area contributed by atoms with Crippen molar-refractivity contribution in [3.63, 3.8) is 0 Å². The van der Waals surface area contributed by atoms with Crippen molar-refractivity contribution >= 4 is 79.2 Å². The van der Waals surface area contributed by atoms with E-state index in [2.05, 4.69) is 312 Å². The van der Waals surface area contributed by atoms with Gasteiger partial charge in [0.15, 0.2) is 0 Å². The average molecular weight is 1060 g/mol. The smallest absolute Gasteiger partial charge is 0.0539 e. The Labute approximate surface area is 483 Å². The molecule has 0 amide bonds. The summed E-state index contributed by atoms with van der Waals surface area (Å²) in [6, 6.07) is 94.3. The van der Waals surface area contributed by atoms with Gasteiger partial charge in [0.05, 0.1) is 11.4 Å². The van der Waals surface area contributed by atoms with E-state index in [-0.39, 0.29) is 0 Å². The summed E-state index contributed by atoms with van der Waals surface area (Å²) in [5.41, 5.74) is 16.5. The SMILES string of the molecule is C=CC(=CC)N(c1ccccc1)c1ccc(-c2ccc(N(C(=C)C=c3ccccc3=CC(=C)N(c3ccc(-c4ccc(N(C(C=C)=CC)c5ccccc5)cc4)cc3)c3cccc4ccccc34)c3cccc4ccccc34)cc2)cc1. The lowest BCUT2D eigenvalue weighted by molar-refractivity contribution is 1.20. The summed E-state index contributed by atoms with van der Waals surface area (Å²) in [5, 5.41) is 6.58. The van der Waals surface area contributed by atoms with E-state index in [1.54, 1.807) is 0 Å². The summed E-state index contributed by atoms with van der Waals surface area (Å²) in [5.74, 6) is 0. The number of hydrogen-bond donors (Lipinski definition) is 0. The van der Waals surface area contributed by atoms with Gasteiger partial charge in [-0.2, -0.15) is 0 Å². The summed E-state index contributed by atoms with van der Waals surface area (Å²) in [6.07, 6.45) is 12.3. The van der Waals surface area contributed by atoms with Crippen molar-refractivity contribution in [3.8, 4) is 22.3 Å². The van der Waals surface area contributed by atoms with E-state index in [9.17, 15) is 0 Å². The number of rotatable bonds is 18. The van der Waals surface area contributed by atoms with Crippen LogP contribution in [0.25, 0.3) is 56.0 Å². The predicted molar refractivity (Wildman–Crippen MR) is 354 cm³/mol. The van der Waals surface area contributed by atoms with Crippen molar-refractivity contribution in [2.75, 3.05) is 19.6 Å². The van der Waals surface area contributed by atoms with Gasteiger partial charge in [-0.15, -0.1) is 0 Å². The molecule has 0 bridgehead atoms. The van der Waals surface area contributed by atoms with Crippen molar-refractivity contribution in [1.29, 1.82) is 0 Å². The zero-order valence-electron chi connectivity index (χ0n) is 46.5. The summed E-state index contributed by atoms with van der Waals surface area (Å²) < 4.78 is 0. The second-order valence-corrected chi connectivity index (χ2v) is 19.9. The van der Waals surface area contributed by atoms with Gasteiger partial charge in [-0.25, -0.2) is 0 Å². The number of hydrogen-bond acceptors (Lipinski definition) is 4. The molecule has 0 aliphatic heterocycles. The third-order valence-electron chi connectivity index (χ3n) is 15.0. The Bertz CT molecular complexity index is 4000. The first-order valence-electron chi connectivity index (χ1n) is 27.7. The second kappa shape index (κ2) is 24.6. The van der Waals surface area contributed by atoms with Crippen molar-refractivity contribution < 1.29 is 0 Å². The van der Waals surface area contributed by atoms with Crippen LogP contribution in [0.1, 0.15) is 13.8 Å². The van der Waals surface area contributed by atoms with Crippen molar-refractivity contribution in [2.45, 2.75) is 13.8 Å². The fraction of sp³-hybridized carbons (Fsp3) is 0.0256. The molecule has 396 valence electrons. The zero-order chi connectivity index (χ0) is 56.4. The molecule has 0 radical (unpaired) electrons. The number of anilines is 8. The molecule has 11 rings (SSSR count). The molecule has 11 aromatic rings. The number of allylic oxidation sites excluding steroid dienone is 6. The van der Waals surface area contributed by atoms with Crippen molar-refractivity contribution in [2.24, 2.45) is 0 Å². The molecular weight excluding hydrogens is 993 g/mol. The van der Waals surface area contributed by atoms with Crippen LogP contribution in [0.4, 0.5) is 45.5 Å². The maximum Gasteiger partial charge on any atom is 0.0539 e. The Morgan fingerprint density at radius 1 is 0.293 bits per heavy atom. The number of para-hydroxylation sites is 2. The van der Waals surface area contributed by atoms with Crippen LogP contribution in [0.3, 0.4) is 0 Å². The minimum atomic E-state index is 0.813. The van der Waals surface area contributed by atoms with Gasteiger partial charge < -0.3 is 19.6 Å². The van der Waals surface area contributed by atoms with Gasteiger partial charge in [0.1, 0.15) is 0 Å². The normalized spacial score (nSPS) is 12.0. The molecule has 4 heteroatoms. The molecule has 4 nitrogen and oxygen atoms in total. The fourth-order valence-electron chi connectivity index (χ4n) is 10.9. The Balaban J connectivity index is 0.939. The van der Waals surface area contributed by atoms with Gasteiger partial charge >= 0.3 is 0 Å². The molecule has 0 heterocycles. The Hall–Kier alpha value is -10.7. The molecule has 0 spiro atoms. The standard InChI is InChI=1S/C78H64N4/c1-7-67(8-2)81(69-31-13-11-14-32-69)73-51-43-61(44-52-73)59-39-47-71(48-40-59)79(77-37-23-29-63-25-19-21-35-75(63)77)57(5)55-65-27-17-18-28-66(65)56-58(6)80(78-38-24-30-64-26-20-22-36-76(64)78)72-49-41-60(42-50-72)62-45-53-74(54-46-62)82(68(9-3)10-4)70-33-15-12-16-34-70/h7-56H,1,3,5-6H2,2,4H3. The van der Waals surface area contributed by atoms with Crippen LogP contribution in [0.15, 0.2) is 340 Å². The van der Waals surface area contributed by atoms with Gasteiger partial charge in [0.25, 0.3) is 0 Å². The molecule has 0 aliphatic rings. The summed E-state index contributed by atoms with van der Waals surface area (Å²) >= 11 is 0. The Morgan fingerprint density at radius 3 is 0.902 bits per heavy atom. The average Bonchev–Trinajstić information content (AvgIpc) is 3.71. The molecule has 0 unspecified atom stereocenters. The summed E-state index contributed by atoms with van der Waals surface area (Å²) in [6.45, 7) is 22.0. The van der Waals surface area contributed by atoms with Gasteiger partial charge in [-0.3, -0.25) is 0 Å². The number of benzene rings is 11. The molecular formula is C78H64N4. The van der Waals surface area contributed by atoms with Crippen LogP contribution < -0.4 is 30.0 Å². The number of nitrogens with zero attached hydrogens (tertiary/aromatic N) is 4. The second-order valence-electron chi connectivity index (χ2n) is 19.9. The highest BCUT2D eigenvalue weighted by atomic mass is 15.2. The number of fused-ring (bicyclic) bond motifs is 2. The zero-order valence-corrected chi connectivity index (χ0v) is 46.5. The van der Waals surface area contributed by atoms with Crippen LogP contribution in [0.2, 0.25) is 0 Å². The van der Waals surface area contributed by atoms with Crippen LogP contribution in [0.5, 0.6) is 0 Å². The summed E-state index contributed by atoms with van der Waals surface area (Å²) in [4.78, 5) is 8.98. The van der Waals surface area contributed by atoms with E-state index in [1.807, 2.05) is 38.1 Å². The van der Waals surface area contributed by atoms with Crippen molar-refractivity contribution in [1.82, 2.24) is 0 Å². The molecule has 0 saturated heterocycles. The lowest BCUT2D eigenvalue weighted by atomic mass is 10.0.